The molecule has 0 saturated carbocycles. The summed E-state index contributed by atoms with van der Waals surface area (Å²) in [5.74, 6) is -0.370. The van der Waals surface area contributed by atoms with Gasteiger partial charge in [-0.1, -0.05) is 22.0 Å². The molecule has 0 saturated heterocycles. The van der Waals surface area contributed by atoms with Gasteiger partial charge >= 0.3 is 0 Å². The van der Waals surface area contributed by atoms with Crippen LogP contribution in [-0.2, 0) is 6.42 Å². The maximum atomic E-state index is 13.4. The van der Waals surface area contributed by atoms with Crippen LogP contribution < -0.4 is 5.32 Å². The van der Waals surface area contributed by atoms with Crippen molar-refractivity contribution in [1.82, 2.24) is 10.3 Å². The number of aryl methyl sites for hydroxylation is 1. The predicted octanol–water partition coefficient (Wildman–Crippen LogP) is 4.35. The number of carbonyl (C=O) groups is 1. The van der Waals surface area contributed by atoms with Crippen molar-refractivity contribution in [3.05, 3.63) is 69.6 Å². The number of nitrogens with one attached hydrogen (secondary N) is 2. The molecule has 3 nitrogen and oxygen atoms in total. The van der Waals surface area contributed by atoms with Crippen LogP contribution in [0.15, 0.2) is 46.9 Å². The van der Waals surface area contributed by atoms with Gasteiger partial charge in [0.1, 0.15) is 5.82 Å². The Bertz CT molecular complexity index is 873. The zero-order valence-corrected chi connectivity index (χ0v) is 14.2. The fraction of sp³-hybridized carbons (Fsp3) is 0.167. The van der Waals surface area contributed by atoms with Gasteiger partial charge in [0.25, 0.3) is 5.91 Å². The summed E-state index contributed by atoms with van der Waals surface area (Å²) in [7, 11) is 0. The molecule has 1 aromatic heterocycles. The van der Waals surface area contributed by atoms with E-state index in [0.29, 0.717) is 18.5 Å². The van der Waals surface area contributed by atoms with Crippen LogP contribution in [0.1, 0.15) is 21.6 Å². The molecule has 118 valence electrons. The fourth-order valence-corrected chi connectivity index (χ4v) is 3.11. The molecular weight excluding hydrogens is 359 g/mol. The number of aromatic nitrogens is 1. The highest BCUT2D eigenvalue weighted by Gasteiger charge is 2.10. The van der Waals surface area contributed by atoms with Crippen LogP contribution in [0.2, 0.25) is 0 Å². The standard InChI is InChI=1S/C18H16BrFN2O/c1-11-15(16-10-14(20)5-6-17(16)22-11)7-8-21-18(23)12-3-2-4-13(19)9-12/h2-6,9-10,22H,7-8H2,1H3,(H,21,23). The lowest BCUT2D eigenvalue weighted by Gasteiger charge is -2.06. The van der Waals surface area contributed by atoms with Gasteiger partial charge in [0, 0.05) is 33.2 Å². The number of H-pyrrole nitrogens is 1. The van der Waals surface area contributed by atoms with E-state index in [0.717, 1.165) is 26.6 Å². The molecule has 0 aliphatic rings. The summed E-state index contributed by atoms with van der Waals surface area (Å²) in [6.07, 6.45) is 0.648. The number of carbonyl (C=O) groups excluding carboxylic acids is 1. The third-order valence-corrected chi connectivity index (χ3v) is 4.32. The molecule has 2 aromatic carbocycles. The largest absolute Gasteiger partial charge is 0.358 e. The van der Waals surface area contributed by atoms with Crippen molar-refractivity contribution in [2.75, 3.05) is 6.54 Å². The Morgan fingerprint density at radius 1 is 1.26 bits per heavy atom. The molecule has 0 spiro atoms. The van der Waals surface area contributed by atoms with Gasteiger partial charge in [-0.15, -0.1) is 0 Å². The monoisotopic (exact) mass is 374 g/mol. The zero-order chi connectivity index (χ0) is 16.4. The van der Waals surface area contributed by atoms with E-state index in [1.165, 1.54) is 12.1 Å². The average Bonchev–Trinajstić information content (AvgIpc) is 2.83. The number of halogens is 2. The SMILES string of the molecule is Cc1[nH]c2ccc(F)cc2c1CCNC(=O)c1cccc(Br)c1. The minimum atomic E-state index is -0.254. The molecule has 0 radical (unpaired) electrons. The maximum absolute atomic E-state index is 13.4. The van der Waals surface area contributed by atoms with Crippen molar-refractivity contribution in [2.24, 2.45) is 0 Å². The highest BCUT2D eigenvalue weighted by molar-refractivity contribution is 9.10. The smallest absolute Gasteiger partial charge is 0.251 e. The van der Waals surface area contributed by atoms with Crippen molar-refractivity contribution >= 4 is 32.7 Å². The molecule has 3 aromatic rings. The second-order valence-corrected chi connectivity index (χ2v) is 6.35. The van der Waals surface area contributed by atoms with E-state index in [1.807, 2.05) is 19.1 Å². The molecule has 0 bridgehead atoms. The Labute approximate surface area is 142 Å². The molecule has 0 fully saturated rings. The van der Waals surface area contributed by atoms with E-state index in [9.17, 15) is 9.18 Å². The van der Waals surface area contributed by atoms with E-state index in [4.69, 9.17) is 0 Å². The topological polar surface area (TPSA) is 44.9 Å². The first-order chi connectivity index (χ1) is 11.0. The Kier molecular flexibility index (Phi) is 4.48. The second kappa shape index (κ2) is 6.54. The van der Waals surface area contributed by atoms with E-state index in [1.54, 1.807) is 18.2 Å². The first-order valence-electron chi connectivity index (χ1n) is 7.35. The van der Waals surface area contributed by atoms with Gasteiger partial charge in [-0.25, -0.2) is 4.39 Å². The molecule has 5 heteroatoms. The molecule has 3 rings (SSSR count). The highest BCUT2D eigenvalue weighted by atomic mass is 79.9. The second-order valence-electron chi connectivity index (χ2n) is 5.43. The van der Waals surface area contributed by atoms with Crippen LogP contribution in [0.5, 0.6) is 0 Å². The van der Waals surface area contributed by atoms with E-state index in [-0.39, 0.29) is 11.7 Å². The summed E-state index contributed by atoms with van der Waals surface area (Å²) in [6.45, 7) is 2.46. The summed E-state index contributed by atoms with van der Waals surface area (Å²) >= 11 is 3.35. The van der Waals surface area contributed by atoms with Crippen LogP contribution in [-0.4, -0.2) is 17.4 Å². The summed E-state index contributed by atoms with van der Waals surface area (Å²) in [5.41, 5.74) is 3.56. The van der Waals surface area contributed by atoms with Crippen molar-refractivity contribution in [3.8, 4) is 0 Å². The van der Waals surface area contributed by atoms with Gasteiger partial charge in [-0.2, -0.15) is 0 Å². The lowest BCUT2D eigenvalue weighted by atomic mass is 10.1. The number of hydrogen-bond donors (Lipinski definition) is 2. The Morgan fingerprint density at radius 3 is 2.87 bits per heavy atom. The molecule has 23 heavy (non-hydrogen) atoms. The molecule has 1 amide bonds. The molecule has 1 heterocycles. The van der Waals surface area contributed by atoms with Crippen molar-refractivity contribution in [1.29, 1.82) is 0 Å². The van der Waals surface area contributed by atoms with Crippen LogP contribution >= 0.6 is 15.9 Å². The summed E-state index contributed by atoms with van der Waals surface area (Å²) in [5, 5.41) is 3.78. The number of benzene rings is 2. The Hall–Kier alpha value is -2.14. The minimum absolute atomic E-state index is 0.116. The highest BCUT2D eigenvalue weighted by Crippen LogP contribution is 2.23. The number of amides is 1. The van der Waals surface area contributed by atoms with E-state index < -0.39 is 0 Å². The summed E-state index contributed by atoms with van der Waals surface area (Å²) in [6, 6.07) is 12.0. The quantitative estimate of drug-likeness (QED) is 0.700. The summed E-state index contributed by atoms with van der Waals surface area (Å²) in [4.78, 5) is 15.4. The van der Waals surface area contributed by atoms with Crippen LogP contribution in [0, 0.1) is 12.7 Å². The third-order valence-electron chi connectivity index (χ3n) is 3.83. The zero-order valence-electron chi connectivity index (χ0n) is 12.6. The lowest BCUT2D eigenvalue weighted by Crippen LogP contribution is -2.25. The van der Waals surface area contributed by atoms with Crippen LogP contribution in [0.4, 0.5) is 4.39 Å². The third kappa shape index (κ3) is 3.45. The predicted molar refractivity (Wildman–Crippen MR) is 93.2 cm³/mol. The maximum Gasteiger partial charge on any atom is 0.251 e. The van der Waals surface area contributed by atoms with Gasteiger partial charge in [-0.3, -0.25) is 4.79 Å². The first-order valence-corrected chi connectivity index (χ1v) is 8.14. The van der Waals surface area contributed by atoms with Gasteiger partial charge in [0.2, 0.25) is 0 Å². The number of aromatic amines is 1. The molecule has 0 atom stereocenters. The number of hydrogen-bond acceptors (Lipinski definition) is 1. The van der Waals surface area contributed by atoms with Crippen molar-refractivity contribution < 1.29 is 9.18 Å². The van der Waals surface area contributed by atoms with Gasteiger partial charge in [0.05, 0.1) is 0 Å². The lowest BCUT2D eigenvalue weighted by molar-refractivity contribution is 0.0954. The normalized spacial score (nSPS) is 10.9. The van der Waals surface area contributed by atoms with Gasteiger partial charge in [-0.05, 0) is 55.3 Å². The van der Waals surface area contributed by atoms with E-state index in [2.05, 4.69) is 26.2 Å². The van der Waals surface area contributed by atoms with Crippen LogP contribution in [0.3, 0.4) is 0 Å². The van der Waals surface area contributed by atoms with Gasteiger partial charge < -0.3 is 10.3 Å². The number of rotatable bonds is 4. The van der Waals surface area contributed by atoms with Crippen molar-refractivity contribution in [3.63, 3.8) is 0 Å². The van der Waals surface area contributed by atoms with Gasteiger partial charge in [0.15, 0.2) is 0 Å². The van der Waals surface area contributed by atoms with Crippen molar-refractivity contribution in [2.45, 2.75) is 13.3 Å². The molecule has 2 N–H and O–H groups in total. The Balaban J connectivity index is 1.70. The molecule has 0 aliphatic heterocycles. The fourth-order valence-electron chi connectivity index (χ4n) is 2.71. The molecule has 0 aliphatic carbocycles. The molecule has 0 unspecified atom stereocenters. The first kappa shape index (κ1) is 15.7. The van der Waals surface area contributed by atoms with E-state index >= 15 is 0 Å². The Morgan fingerprint density at radius 2 is 2.09 bits per heavy atom. The average molecular weight is 375 g/mol. The molecular formula is C18H16BrFN2O. The summed E-state index contributed by atoms with van der Waals surface area (Å²) < 4.78 is 14.3. The van der Waals surface area contributed by atoms with Crippen LogP contribution in [0.25, 0.3) is 10.9 Å². The minimum Gasteiger partial charge on any atom is -0.358 e. The number of fused-ring (bicyclic) bond motifs is 1.